The fourth-order valence-corrected chi connectivity index (χ4v) is 5.86. The molecule has 0 aromatic heterocycles. The van der Waals surface area contributed by atoms with Crippen molar-refractivity contribution in [2.45, 2.75) is 12.8 Å². The average Bonchev–Trinajstić information content (AvgIpc) is 2.21. The summed E-state index contributed by atoms with van der Waals surface area (Å²) in [7, 11) is 0.0324. The minimum absolute atomic E-state index is 0.0324. The van der Waals surface area contributed by atoms with Gasteiger partial charge in [0, 0.05) is 0 Å². The Hall–Kier alpha value is 0.350. The lowest BCUT2D eigenvalue weighted by Crippen LogP contribution is -2.02. The van der Waals surface area contributed by atoms with E-state index in [0.717, 1.165) is 0 Å². The second-order valence-corrected chi connectivity index (χ2v) is 7.60. The zero-order valence-electron chi connectivity index (χ0n) is 5.52. The quantitative estimate of drug-likeness (QED) is 0.469. The first kappa shape index (κ1) is 5.16. The van der Waals surface area contributed by atoms with E-state index in [1.165, 1.54) is 5.92 Å². The van der Waals surface area contributed by atoms with Crippen molar-refractivity contribution in [3.63, 3.8) is 0 Å². The third kappa shape index (κ3) is 0.604. The molecule has 2 rings (SSSR count). The van der Waals surface area contributed by atoms with E-state index in [0.29, 0.717) is 0 Å². The molecule has 0 radical (unpaired) electrons. The van der Waals surface area contributed by atoms with Crippen LogP contribution in [0.1, 0.15) is 12.8 Å². The third-order valence-electron chi connectivity index (χ3n) is 2.68. The third-order valence-corrected chi connectivity index (χ3v) is 6.39. The van der Waals surface area contributed by atoms with Crippen molar-refractivity contribution in [2.24, 2.45) is 5.92 Å². The Labute approximate surface area is 53.0 Å². The summed E-state index contributed by atoms with van der Waals surface area (Å²) in [6.45, 7) is 0. The standard InChI is InChI=1S/C7H14S/c1-8-4-2-7(6-8)3-5-8/h7H,2-6H2,1H3. The summed E-state index contributed by atoms with van der Waals surface area (Å²) < 4.78 is 0. The van der Waals surface area contributed by atoms with Crippen LogP contribution < -0.4 is 0 Å². The van der Waals surface area contributed by atoms with Crippen LogP contribution in [0.5, 0.6) is 0 Å². The molecule has 8 heavy (non-hydrogen) atoms. The molecule has 2 bridgehead atoms. The van der Waals surface area contributed by atoms with Gasteiger partial charge in [0.1, 0.15) is 0 Å². The van der Waals surface area contributed by atoms with Crippen LogP contribution in [-0.4, -0.2) is 23.5 Å². The second-order valence-electron chi connectivity index (χ2n) is 3.50. The Balaban J connectivity index is 2.19. The van der Waals surface area contributed by atoms with Crippen molar-refractivity contribution in [1.29, 1.82) is 0 Å². The summed E-state index contributed by atoms with van der Waals surface area (Å²) in [4.78, 5) is 0. The Bertz CT molecular complexity index is 101. The minimum Gasteiger partial charge on any atom is -0.244 e. The van der Waals surface area contributed by atoms with E-state index in [2.05, 4.69) is 6.26 Å². The minimum atomic E-state index is 0.0324. The predicted octanol–water partition coefficient (Wildman–Crippen LogP) is 1.84. The van der Waals surface area contributed by atoms with E-state index < -0.39 is 0 Å². The van der Waals surface area contributed by atoms with Crippen molar-refractivity contribution >= 4 is 10.0 Å². The molecule has 48 valence electrons. The highest BCUT2D eigenvalue weighted by molar-refractivity contribution is 8.33. The molecule has 0 atom stereocenters. The number of hydrogen-bond acceptors (Lipinski definition) is 0. The molecule has 0 aliphatic carbocycles. The highest BCUT2D eigenvalue weighted by Crippen LogP contribution is 2.59. The van der Waals surface area contributed by atoms with E-state index in [9.17, 15) is 0 Å². The summed E-state index contributed by atoms with van der Waals surface area (Å²) in [5.74, 6) is 6.03. The van der Waals surface area contributed by atoms with Gasteiger partial charge in [0.15, 0.2) is 0 Å². The van der Waals surface area contributed by atoms with Crippen LogP contribution >= 0.6 is 10.0 Å². The summed E-state index contributed by atoms with van der Waals surface area (Å²) >= 11 is 0. The number of rotatable bonds is 0. The average molecular weight is 130 g/mol. The molecular formula is C7H14S. The van der Waals surface area contributed by atoms with E-state index in [1.54, 1.807) is 30.1 Å². The van der Waals surface area contributed by atoms with Crippen molar-refractivity contribution in [3.05, 3.63) is 0 Å². The van der Waals surface area contributed by atoms with Crippen LogP contribution in [0.3, 0.4) is 0 Å². The van der Waals surface area contributed by atoms with Crippen LogP contribution in [0.2, 0.25) is 0 Å². The lowest BCUT2D eigenvalue weighted by atomic mass is 10.1. The number of fused-ring (bicyclic) bond motifs is 2. The fourth-order valence-electron chi connectivity index (χ4n) is 2.05. The largest absolute Gasteiger partial charge is 0.244 e. The zero-order valence-corrected chi connectivity index (χ0v) is 6.34. The smallest absolute Gasteiger partial charge is 0.0201 e. The van der Waals surface area contributed by atoms with Gasteiger partial charge < -0.3 is 0 Å². The van der Waals surface area contributed by atoms with Crippen molar-refractivity contribution in [3.8, 4) is 0 Å². The van der Waals surface area contributed by atoms with E-state index in [-0.39, 0.29) is 10.0 Å². The Morgan fingerprint density at radius 1 is 1.25 bits per heavy atom. The molecule has 0 saturated carbocycles. The van der Waals surface area contributed by atoms with Crippen molar-refractivity contribution in [1.82, 2.24) is 0 Å². The zero-order chi connectivity index (χ0) is 5.61. The van der Waals surface area contributed by atoms with Gasteiger partial charge in [0.2, 0.25) is 0 Å². The molecule has 0 unspecified atom stereocenters. The molecule has 2 saturated heterocycles. The monoisotopic (exact) mass is 130 g/mol. The molecule has 2 aliphatic rings. The maximum absolute atomic E-state index is 2.54. The Morgan fingerprint density at radius 2 is 1.88 bits per heavy atom. The van der Waals surface area contributed by atoms with Gasteiger partial charge in [-0.15, -0.1) is 0 Å². The Morgan fingerprint density at radius 3 is 2.00 bits per heavy atom. The topological polar surface area (TPSA) is 0 Å². The van der Waals surface area contributed by atoms with Gasteiger partial charge >= 0.3 is 0 Å². The first-order valence-corrected chi connectivity index (χ1v) is 6.05. The van der Waals surface area contributed by atoms with Crippen molar-refractivity contribution in [2.75, 3.05) is 23.5 Å². The van der Waals surface area contributed by atoms with Crippen molar-refractivity contribution < 1.29 is 0 Å². The van der Waals surface area contributed by atoms with E-state index in [4.69, 9.17) is 0 Å². The molecule has 0 nitrogen and oxygen atoms in total. The van der Waals surface area contributed by atoms with Crippen LogP contribution in [-0.2, 0) is 0 Å². The maximum Gasteiger partial charge on any atom is -0.0201 e. The molecule has 0 spiro atoms. The molecule has 2 aliphatic heterocycles. The van der Waals surface area contributed by atoms with Crippen LogP contribution in [0, 0.1) is 5.92 Å². The first-order chi connectivity index (χ1) is 3.79. The Kier molecular flexibility index (Phi) is 0.928. The normalized spacial score (nSPS) is 60.9. The maximum atomic E-state index is 2.54. The highest BCUT2D eigenvalue weighted by Gasteiger charge is 2.36. The van der Waals surface area contributed by atoms with Gasteiger partial charge in [-0.1, -0.05) is 0 Å². The molecule has 1 heteroatoms. The van der Waals surface area contributed by atoms with Gasteiger partial charge in [0.25, 0.3) is 0 Å². The van der Waals surface area contributed by atoms with Gasteiger partial charge in [-0.25, -0.2) is 10.0 Å². The predicted molar refractivity (Wildman–Crippen MR) is 40.8 cm³/mol. The van der Waals surface area contributed by atoms with E-state index >= 15 is 0 Å². The van der Waals surface area contributed by atoms with Crippen LogP contribution in [0.25, 0.3) is 0 Å². The summed E-state index contributed by atoms with van der Waals surface area (Å²) in [5, 5.41) is 0. The molecule has 0 aromatic rings. The molecule has 0 aromatic carbocycles. The fraction of sp³-hybridized carbons (Fsp3) is 1.00. The van der Waals surface area contributed by atoms with Gasteiger partial charge in [-0.05, 0) is 42.3 Å². The molecule has 2 fully saturated rings. The first-order valence-electron chi connectivity index (χ1n) is 3.50. The second kappa shape index (κ2) is 1.44. The molecule has 2 heterocycles. The number of hydrogen-bond donors (Lipinski definition) is 0. The lowest BCUT2D eigenvalue weighted by molar-refractivity contribution is 0.589. The van der Waals surface area contributed by atoms with Gasteiger partial charge in [-0.2, -0.15) is 0 Å². The molecule has 0 amide bonds. The highest BCUT2D eigenvalue weighted by atomic mass is 32.3. The summed E-state index contributed by atoms with van der Waals surface area (Å²) in [6.07, 6.45) is 5.69. The lowest BCUT2D eigenvalue weighted by Gasteiger charge is -2.26. The van der Waals surface area contributed by atoms with E-state index in [1.807, 2.05) is 0 Å². The molecule has 0 N–H and O–H groups in total. The van der Waals surface area contributed by atoms with Crippen LogP contribution in [0.15, 0.2) is 0 Å². The van der Waals surface area contributed by atoms with Crippen LogP contribution in [0.4, 0.5) is 0 Å². The van der Waals surface area contributed by atoms with Gasteiger partial charge in [-0.3, -0.25) is 0 Å². The van der Waals surface area contributed by atoms with Gasteiger partial charge in [0.05, 0.1) is 0 Å². The summed E-state index contributed by atoms with van der Waals surface area (Å²) in [6, 6.07) is 0. The molecular weight excluding hydrogens is 116 g/mol. The SMILES string of the molecule is CS12CCC(CC1)C2. The summed E-state index contributed by atoms with van der Waals surface area (Å²) in [5.41, 5.74) is 0.